The predicted octanol–water partition coefficient (Wildman–Crippen LogP) is 2.67. The van der Waals surface area contributed by atoms with Crippen molar-refractivity contribution in [2.24, 2.45) is 0 Å². The van der Waals surface area contributed by atoms with Crippen LogP contribution >= 0.6 is 11.3 Å². The van der Waals surface area contributed by atoms with Gasteiger partial charge in [0.05, 0.1) is 7.11 Å². The van der Waals surface area contributed by atoms with Crippen LogP contribution in [0.15, 0.2) is 18.3 Å². The Hall–Kier alpha value is -1.99. The second-order valence-corrected chi connectivity index (χ2v) is 6.98. The van der Waals surface area contributed by atoms with Crippen LogP contribution in [-0.4, -0.2) is 41.0 Å². The molecule has 3 rings (SSSR count). The van der Waals surface area contributed by atoms with Crippen molar-refractivity contribution in [3.05, 3.63) is 34.5 Å². The van der Waals surface area contributed by atoms with Gasteiger partial charge in [0.25, 0.3) is 0 Å². The van der Waals surface area contributed by atoms with Gasteiger partial charge >= 0.3 is 0 Å². The monoisotopic (exact) mass is 346 g/mol. The minimum atomic E-state index is -0.0891. The van der Waals surface area contributed by atoms with Crippen molar-refractivity contribution in [2.75, 3.05) is 25.5 Å². The molecule has 7 heteroatoms. The van der Waals surface area contributed by atoms with Gasteiger partial charge in [0.2, 0.25) is 11.8 Å². The molecule has 0 fully saturated rings. The molecule has 1 amide bonds. The van der Waals surface area contributed by atoms with Crippen molar-refractivity contribution in [1.29, 1.82) is 0 Å². The molecular formula is C17H22N4O2S. The van der Waals surface area contributed by atoms with Crippen LogP contribution in [0.25, 0.3) is 0 Å². The first kappa shape index (κ1) is 16.9. The minimum absolute atomic E-state index is 0.0891. The van der Waals surface area contributed by atoms with Crippen molar-refractivity contribution in [1.82, 2.24) is 14.9 Å². The average Bonchev–Trinajstić information content (AvgIpc) is 2.91. The maximum Gasteiger partial charge on any atom is 0.223 e. The normalized spacial score (nSPS) is 16.1. The standard InChI is InChI=1S/C17H22N4O2S/c1-11(15-10-18-17(24-15)19-12(2)22)21-8-6-13-4-5-16(23-3)20-14(13)7-9-21/h4-5,10-11H,6-9H2,1-3H3,(H,18,19,22)/t11-/m1/s1. The van der Waals surface area contributed by atoms with E-state index in [4.69, 9.17) is 4.74 Å². The van der Waals surface area contributed by atoms with E-state index < -0.39 is 0 Å². The lowest BCUT2D eigenvalue weighted by Gasteiger charge is -2.26. The largest absolute Gasteiger partial charge is 0.481 e. The molecule has 0 saturated heterocycles. The van der Waals surface area contributed by atoms with Crippen molar-refractivity contribution < 1.29 is 9.53 Å². The van der Waals surface area contributed by atoms with Gasteiger partial charge in [-0.3, -0.25) is 9.69 Å². The molecule has 1 atom stereocenters. The summed E-state index contributed by atoms with van der Waals surface area (Å²) in [4.78, 5) is 23.6. The smallest absolute Gasteiger partial charge is 0.223 e. The van der Waals surface area contributed by atoms with Crippen LogP contribution in [-0.2, 0) is 17.6 Å². The highest BCUT2D eigenvalue weighted by molar-refractivity contribution is 7.15. The molecule has 2 aromatic heterocycles. The summed E-state index contributed by atoms with van der Waals surface area (Å²) in [5.41, 5.74) is 2.43. The second-order valence-electron chi connectivity index (χ2n) is 5.92. The summed E-state index contributed by atoms with van der Waals surface area (Å²) in [6.07, 6.45) is 3.75. The number of nitrogens with one attached hydrogen (secondary N) is 1. The quantitative estimate of drug-likeness (QED) is 0.922. The number of fused-ring (bicyclic) bond motifs is 1. The van der Waals surface area contributed by atoms with Crippen molar-refractivity contribution in [3.8, 4) is 5.88 Å². The van der Waals surface area contributed by atoms with Gasteiger partial charge in [-0.25, -0.2) is 9.97 Å². The first-order valence-corrected chi connectivity index (χ1v) is 8.88. The molecular weight excluding hydrogens is 324 g/mol. The molecule has 0 spiro atoms. The predicted molar refractivity (Wildman–Crippen MR) is 94.6 cm³/mol. The number of anilines is 1. The Morgan fingerprint density at radius 2 is 2.17 bits per heavy atom. The molecule has 0 radical (unpaired) electrons. The van der Waals surface area contributed by atoms with E-state index in [0.29, 0.717) is 11.0 Å². The molecule has 1 aliphatic heterocycles. The van der Waals surface area contributed by atoms with Gasteiger partial charge in [-0.1, -0.05) is 6.07 Å². The van der Waals surface area contributed by atoms with Crippen LogP contribution in [0, 0.1) is 0 Å². The molecule has 0 saturated carbocycles. The number of hydrogen-bond acceptors (Lipinski definition) is 6. The van der Waals surface area contributed by atoms with E-state index in [1.807, 2.05) is 12.3 Å². The molecule has 0 bridgehead atoms. The third kappa shape index (κ3) is 3.73. The van der Waals surface area contributed by atoms with Gasteiger partial charge in [0, 0.05) is 55.3 Å². The molecule has 0 aromatic carbocycles. The maximum atomic E-state index is 11.1. The Labute approximate surface area is 145 Å². The van der Waals surface area contributed by atoms with Crippen LogP contribution in [0.3, 0.4) is 0 Å². The lowest BCUT2D eigenvalue weighted by atomic mass is 10.1. The Balaban J connectivity index is 1.70. The number of nitrogens with zero attached hydrogens (tertiary/aromatic N) is 3. The molecule has 2 aromatic rings. The maximum absolute atomic E-state index is 11.1. The topological polar surface area (TPSA) is 67.3 Å². The summed E-state index contributed by atoms with van der Waals surface area (Å²) in [6, 6.07) is 4.32. The highest BCUT2D eigenvalue weighted by Gasteiger charge is 2.22. The third-order valence-corrected chi connectivity index (χ3v) is 5.41. The van der Waals surface area contributed by atoms with Gasteiger partial charge in [0.1, 0.15) is 0 Å². The van der Waals surface area contributed by atoms with Crippen LogP contribution in [0.2, 0.25) is 0 Å². The Morgan fingerprint density at radius 1 is 1.38 bits per heavy atom. The summed E-state index contributed by atoms with van der Waals surface area (Å²) in [5.74, 6) is 0.589. The van der Waals surface area contributed by atoms with E-state index in [2.05, 4.69) is 33.2 Å². The first-order chi connectivity index (χ1) is 11.6. The number of ether oxygens (including phenoxy) is 1. The molecule has 128 valence electrons. The number of rotatable bonds is 4. The highest BCUT2D eigenvalue weighted by Crippen LogP contribution is 2.30. The van der Waals surface area contributed by atoms with Gasteiger partial charge in [0.15, 0.2) is 5.13 Å². The van der Waals surface area contributed by atoms with Crippen LogP contribution < -0.4 is 10.1 Å². The zero-order valence-electron chi connectivity index (χ0n) is 14.2. The Kier molecular flexibility index (Phi) is 5.11. The van der Waals surface area contributed by atoms with E-state index in [1.54, 1.807) is 7.11 Å². The number of thiazole rings is 1. The summed E-state index contributed by atoms with van der Waals surface area (Å²) in [6.45, 7) is 5.62. The van der Waals surface area contributed by atoms with Gasteiger partial charge < -0.3 is 10.1 Å². The van der Waals surface area contributed by atoms with Crippen LogP contribution in [0.5, 0.6) is 5.88 Å². The van der Waals surface area contributed by atoms with E-state index in [-0.39, 0.29) is 11.9 Å². The fraction of sp³-hybridized carbons (Fsp3) is 0.471. The molecule has 1 N–H and O–H groups in total. The van der Waals surface area contributed by atoms with E-state index in [1.165, 1.54) is 23.8 Å². The molecule has 3 heterocycles. The van der Waals surface area contributed by atoms with Crippen molar-refractivity contribution in [2.45, 2.75) is 32.7 Å². The Morgan fingerprint density at radius 3 is 2.92 bits per heavy atom. The van der Waals surface area contributed by atoms with Gasteiger partial charge in [-0.05, 0) is 18.9 Å². The number of pyridine rings is 1. The highest BCUT2D eigenvalue weighted by atomic mass is 32.1. The number of aromatic nitrogens is 2. The lowest BCUT2D eigenvalue weighted by Crippen LogP contribution is -2.29. The SMILES string of the molecule is COc1ccc2c(n1)CCN([C@H](C)c1cnc(NC(C)=O)s1)CC2. The molecule has 24 heavy (non-hydrogen) atoms. The van der Waals surface area contributed by atoms with Gasteiger partial charge in [-0.15, -0.1) is 11.3 Å². The van der Waals surface area contributed by atoms with E-state index in [0.717, 1.165) is 36.5 Å². The molecule has 0 aliphatic carbocycles. The fourth-order valence-corrected chi connectivity index (χ4v) is 3.90. The average molecular weight is 346 g/mol. The third-order valence-electron chi connectivity index (χ3n) is 4.32. The Bertz CT molecular complexity index is 731. The first-order valence-electron chi connectivity index (χ1n) is 8.07. The summed E-state index contributed by atoms with van der Waals surface area (Å²) >= 11 is 1.54. The number of methoxy groups -OCH3 is 1. The zero-order chi connectivity index (χ0) is 17.1. The zero-order valence-corrected chi connectivity index (χ0v) is 15.0. The summed E-state index contributed by atoms with van der Waals surface area (Å²) in [5, 5.41) is 3.41. The molecule has 0 unspecified atom stereocenters. The lowest BCUT2D eigenvalue weighted by molar-refractivity contribution is -0.114. The van der Waals surface area contributed by atoms with Crippen molar-refractivity contribution in [3.63, 3.8) is 0 Å². The summed E-state index contributed by atoms with van der Waals surface area (Å²) in [7, 11) is 1.65. The number of carbonyl (C=O) groups is 1. The number of carbonyl (C=O) groups excluding carboxylic acids is 1. The van der Waals surface area contributed by atoms with Gasteiger partial charge in [-0.2, -0.15) is 0 Å². The van der Waals surface area contributed by atoms with Crippen LogP contribution in [0.1, 0.15) is 36.0 Å². The van der Waals surface area contributed by atoms with Crippen LogP contribution in [0.4, 0.5) is 5.13 Å². The van der Waals surface area contributed by atoms with E-state index in [9.17, 15) is 4.79 Å². The molecule has 1 aliphatic rings. The molecule has 6 nitrogen and oxygen atoms in total. The summed E-state index contributed by atoms with van der Waals surface area (Å²) < 4.78 is 5.23. The van der Waals surface area contributed by atoms with E-state index >= 15 is 0 Å². The second kappa shape index (κ2) is 7.27. The number of amides is 1. The fourth-order valence-electron chi connectivity index (χ4n) is 2.95. The minimum Gasteiger partial charge on any atom is -0.481 e. The number of hydrogen-bond donors (Lipinski definition) is 1. The van der Waals surface area contributed by atoms with Crippen molar-refractivity contribution >= 4 is 22.4 Å².